The average molecular weight is 272 g/mol. The number of benzene rings is 1. The quantitative estimate of drug-likeness (QED) is 0.875. The van der Waals surface area contributed by atoms with Gasteiger partial charge in [0.1, 0.15) is 0 Å². The molecule has 0 atom stereocenters. The lowest BCUT2D eigenvalue weighted by molar-refractivity contribution is 0.309. The molecule has 2 aromatic rings. The first-order chi connectivity index (χ1) is 9.62. The Hall–Kier alpha value is -1.65. The third-order valence-electron chi connectivity index (χ3n) is 3.53. The Morgan fingerprint density at radius 1 is 1.15 bits per heavy atom. The number of nitrogens with zero attached hydrogens (tertiary/aromatic N) is 3. The van der Waals surface area contributed by atoms with Crippen molar-refractivity contribution in [1.82, 2.24) is 14.7 Å². The zero-order chi connectivity index (χ0) is 14.5. The van der Waals surface area contributed by atoms with E-state index in [1.807, 2.05) is 11.7 Å². The molecule has 0 aliphatic rings. The summed E-state index contributed by atoms with van der Waals surface area (Å²) < 4.78 is 1.98. The predicted molar refractivity (Wildman–Crippen MR) is 82.1 cm³/mol. The van der Waals surface area contributed by atoms with Gasteiger partial charge in [-0.3, -0.25) is 9.58 Å². The first kappa shape index (κ1) is 14.8. The average Bonchev–Trinajstić information content (AvgIpc) is 2.80. The van der Waals surface area contributed by atoms with Crippen LogP contribution < -0.4 is 5.73 Å². The van der Waals surface area contributed by atoms with Gasteiger partial charge in [0.25, 0.3) is 0 Å². The molecule has 4 heteroatoms. The van der Waals surface area contributed by atoms with Gasteiger partial charge in [0.05, 0.1) is 11.4 Å². The number of hydrogen-bond acceptors (Lipinski definition) is 3. The number of hydrogen-bond donors (Lipinski definition) is 1. The number of aryl methyl sites for hydroxylation is 2. The molecule has 4 nitrogen and oxygen atoms in total. The Labute approximate surface area is 121 Å². The summed E-state index contributed by atoms with van der Waals surface area (Å²) in [6.07, 6.45) is 0.984. The Kier molecular flexibility index (Phi) is 4.93. The van der Waals surface area contributed by atoms with E-state index >= 15 is 0 Å². The van der Waals surface area contributed by atoms with Crippen LogP contribution in [0.5, 0.6) is 0 Å². The molecule has 1 aromatic carbocycles. The molecule has 0 aliphatic carbocycles. The summed E-state index contributed by atoms with van der Waals surface area (Å²) in [4.78, 5) is 2.30. The van der Waals surface area contributed by atoms with Crippen molar-refractivity contribution in [3.8, 4) is 0 Å². The second-order valence-corrected chi connectivity index (χ2v) is 5.30. The van der Waals surface area contributed by atoms with Gasteiger partial charge in [0.15, 0.2) is 0 Å². The van der Waals surface area contributed by atoms with Crippen molar-refractivity contribution in [2.45, 2.75) is 33.0 Å². The van der Waals surface area contributed by atoms with Crippen LogP contribution in [0.25, 0.3) is 0 Å². The fraction of sp³-hybridized carbons (Fsp3) is 0.438. The van der Waals surface area contributed by atoms with Crippen LogP contribution in [0, 0.1) is 0 Å². The Morgan fingerprint density at radius 2 is 1.80 bits per heavy atom. The molecule has 0 saturated carbocycles. The van der Waals surface area contributed by atoms with Gasteiger partial charge in [-0.05, 0) is 30.7 Å². The van der Waals surface area contributed by atoms with Gasteiger partial charge in [-0.15, -0.1) is 0 Å². The molecule has 1 heterocycles. The van der Waals surface area contributed by atoms with Crippen LogP contribution in [0.2, 0.25) is 0 Å². The van der Waals surface area contributed by atoms with Crippen molar-refractivity contribution in [3.63, 3.8) is 0 Å². The van der Waals surface area contributed by atoms with Crippen LogP contribution in [0.4, 0.5) is 0 Å². The minimum atomic E-state index is 0.602. The molecule has 0 spiro atoms. The van der Waals surface area contributed by atoms with Crippen molar-refractivity contribution < 1.29 is 0 Å². The predicted octanol–water partition coefficient (Wildman–Crippen LogP) is 2.07. The maximum atomic E-state index is 5.62. The van der Waals surface area contributed by atoms with Crippen LogP contribution in [0.15, 0.2) is 30.3 Å². The van der Waals surface area contributed by atoms with Crippen LogP contribution in [-0.2, 0) is 33.1 Å². The summed E-state index contributed by atoms with van der Waals surface area (Å²) in [5, 5.41) is 4.49. The SMILES string of the molecule is CCc1cc(CN(C)Cc2ccc(CN)cc2)n(C)n1. The van der Waals surface area contributed by atoms with Gasteiger partial charge in [-0.25, -0.2) is 0 Å². The molecule has 2 rings (SSSR count). The highest BCUT2D eigenvalue weighted by molar-refractivity contribution is 5.22. The first-order valence-corrected chi connectivity index (χ1v) is 7.10. The molecule has 0 aliphatic heterocycles. The molecule has 0 fully saturated rings. The second kappa shape index (κ2) is 6.68. The summed E-state index contributed by atoms with van der Waals surface area (Å²) >= 11 is 0. The van der Waals surface area contributed by atoms with Crippen molar-refractivity contribution >= 4 is 0 Å². The summed E-state index contributed by atoms with van der Waals surface area (Å²) in [5.41, 5.74) is 10.5. The smallest absolute Gasteiger partial charge is 0.0625 e. The Morgan fingerprint density at radius 3 is 2.35 bits per heavy atom. The number of rotatable bonds is 6. The highest BCUT2D eigenvalue weighted by Crippen LogP contribution is 2.10. The summed E-state index contributed by atoms with van der Waals surface area (Å²) in [7, 11) is 4.15. The van der Waals surface area contributed by atoms with E-state index in [1.165, 1.54) is 16.8 Å². The highest BCUT2D eigenvalue weighted by atomic mass is 15.3. The van der Waals surface area contributed by atoms with Crippen molar-refractivity contribution in [2.75, 3.05) is 7.05 Å². The molecule has 0 radical (unpaired) electrons. The minimum absolute atomic E-state index is 0.602. The number of nitrogens with two attached hydrogens (primary N) is 1. The molecule has 0 bridgehead atoms. The van der Waals surface area contributed by atoms with Gasteiger partial charge in [0, 0.05) is 26.7 Å². The van der Waals surface area contributed by atoms with Crippen molar-refractivity contribution in [2.24, 2.45) is 12.8 Å². The molecular formula is C16H24N4. The zero-order valence-corrected chi connectivity index (χ0v) is 12.6. The molecule has 1 aromatic heterocycles. The maximum Gasteiger partial charge on any atom is 0.0625 e. The second-order valence-electron chi connectivity index (χ2n) is 5.30. The third-order valence-corrected chi connectivity index (χ3v) is 3.53. The Balaban J connectivity index is 1.97. The standard InChI is InChI=1S/C16H24N4/c1-4-15-9-16(20(3)18-15)12-19(2)11-14-7-5-13(10-17)6-8-14/h5-9H,4,10-12,17H2,1-3H3. The van der Waals surface area contributed by atoms with E-state index in [0.717, 1.165) is 25.2 Å². The van der Waals surface area contributed by atoms with Crippen LogP contribution >= 0.6 is 0 Å². The molecule has 2 N–H and O–H groups in total. The van der Waals surface area contributed by atoms with Gasteiger partial charge >= 0.3 is 0 Å². The van der Waals surface area contributed by atoms with Gasteiger partial charge in [0.2, 0.25) is 0 Å². The van der Waals surface area contributed by atoms with Crippen molar-refractivity contribution in [3.05, 3.63) is 52.8 Å². The Bertz CT molecular complexity index is 542. The van der Waals surface area contributed by atoms with E-state index in [2.05, 4.69) is 54.3 Å². The van der Waals surface area contributed by atoms with E-state index in [0.29, 0.717) is 6.54 Å². The minimum Gasteiger partial charge on any atom is -0.326 e. The van der Waals surface area contributed by atoms with Gasteiger partial charge in [-0.2, -0.15) is 5.10 Å². The fourth-order valence-electron chi connectivity index (χ4n) is 2.32. The van der Waals surface area contributed by atoms with E-state index in [9.17, 15) is 0 Å². The normalized spacial score (nSPS) is 11.2. The van der Waals surface area contributed by atoms with E-state index < -0.39 is 0 Å². The monoisotopic (exact) mass is 272 g/mol. The van der Waals surface area contributed by atoms with E-state index in [4.69, 9.17) is 5.73 Å². The maximum absolute atomic E-state index is 5.62. The number of aromatic nitrogens is 2. The molecule has 20 heavy (non-hydrogen) atoms. The lowest BCUT2D eigenvalue weighted by atomic mass is 10.1. The topological polar surface area (TPSA) is 47.1 Å². The molecule has 0 unspecified atom stereocenters. The third kappa shape index (κ3) is 3.68. The first-order valence-electron chi connectivity index (χ1n) is 7.10. The highest BCUT2D eigenvalue weighted by Gasteiger charge is 2.07. The lowest BCUT2D eigenvalue weighted by Crippen LogP contribution is -2.19. The molecule has 0 amide bonds. The van der Waals surface area contributed by atoms with Crippen molar-refractivity contribution in [1.29, 1.82) is 0 Å². The lowest BCUT2D eigenvalue weighted by Gasteiger charge is -2.16. The van der Waals surface area contributed by atoms with E-state index in [-0.39, 0.29) is 0 Å². The molecular weight excluding hydrogens is 248 g/mol. The summed E-state index contributed by atoms with van der Waals surface area (Å²) in [5.74, 6) is 0. The van der Waals surface area contributed by atoms with E-state index in [1.54, 1.807) is 0 Å². The largest absolute Gasteiger partial charge is 0.326 e. The van der Waals surface area contributed by atoms with Crippen LogP contribution in [0.1, 0.15) is 29.4 Å². The fourth-order valence-corrected chi connectivity index (χ4v) is 2.32. The molecule has 0 saturated heterocycles. The van der Waals surface area contributed by atoms with Crippen LogP contribution in [0.3, 0.4) is 0 Å². The summed E-state index contributed by atoms with van der Waals surface area (Å²) in [6.45, 7) is 4.57. The van der Waals surface area contributed by atoms with Gasteiger partial charge in [-0.1, -0.05) is 31.2 Å². The zero-order valence-electron chi connectivity index (χ0n) is 12.6. The summed E-state index contributed by atoms with van der Waals surface area (Å²) in [6, 6.07) is 10.7. The van der Waals surface area contributed by atoms with Crippen LogP contribution in [-0.4, -0.2) is 21.7 Å². The van der Waals surface area contributed by atoms with Gasteiger partial charge < -0.3 is 5.73 Å². The molecule has 108 valence electrons.